The Bertz CT molecular complexity index is 742. The van der Waals surface area contributed by atoms with Gasteiger partial charge in [0.2, 0.25) is 0 Å². The Hall–Kier alpha value is -3.19. The van der Waals surface area contributed by atoms with Crippen molar-refractivity contribution in [2.24, 2.45) is 16.5 Å². The van der Waals surface area contributed by atoms with Gasteiger partial charge in [0.05, 0.1) is 17.3 Å². The third-order valence-corrected chi connectivity index (χ3v) is 3.32. The van der Waals surface area contributed by atoms with Crippen molar-refractivity contribution in [3.05, 3.63) is 71.7 Å². The summed E-state index contributed by atoms with van der Waals surface area (Å²) < 4.78 is 0. The lowest BCUT2D eigenvalue weighted by Gasteiger charge is -2.11. The average molecular weight is 324 g/mol. The van der Waals surface area contributed by atoms with Gasteiger partial charge in [-0.05, 0) is 17.7 Å². The number of nitrogens with one attached hydrogen (secondary N) is 1. The number of aliphatic imine (C=N–C) groups is 1. The van der Waals surface area contributed by atoms with Gasteiger partial charge in [0.15, 0.2) is 0 Å². The first kappa shape index (κ1) is 17.2. The number of amides is 1. The van der Waals surface area contributed by atoms with Gasteiger partial charge >= 0.3 is 0 Å². The van der Waals surface area contributed by atoms with Gasteiger partial charge in [-0.3, -0.25) is 9.79 Å². The summed E-state index contributed by atoms with van der Waals surface area (Å²) in [6, 6.07) is 12.6. The second-order valence-electron chi connectivity index (χ2n) is 4.95. The molecule has 0 aliphatic carbocycles. The highest BCUT2D eigenvalue weighted by Crippen LogP contribution is 2.15. The molecule has 0 aliphatic rings. The molecule has 1 heterocycles. The van der Waals surface area contributed by atoms with Crippen LogP contribution in [0.1, 0.15) is 22.0 Å². The average Bonchev–Trinajstić information content (AvgIpc) is 2.62. The smallest absolute Gasteiger partial charge is 0.259 e. The van der Waals surface area contributed by atoms with Crippen LogP contribution in [0.4, 0.5) is 5.82 Å². The van der Waals surface area contributed by atoms with E-state index in [0.29, 0.717) is 12.2 Å². The number of benzene rings is 1. The third kappa shape index (κ3) is 4.40. The van der Waals surface area contributed by atoms with E-state index >= 15 is 0 Å². The van der Waals surface area contributed by atoms with Gasteiger partial charge in [-0.1, -0.05) is 30.3 Å². The maximum absolute atomic E-state index is 12.2. The first-order valence-corrected chi connectivity index (χ1v) is 7.37. The number of carbonyl (C=O) groups excluding carboxylic acids is 1. The standard InChI is InChI=1S/C17H20N6O/c18-9-13(23-17(24)14-7-4-8-21-16(14)20)11-22-15(10-19)12-5-2-1-3-6-12/h1-9,11,15H,10,18-19H2,(H2,20,21)(H,23,24)/b13-9+,22-11?. The molecule has 0 spiro atoms. The molecule has 24 heavy (non-hydrogen) atoms. The fourth-order valence-electron chi connectivity index (χ4n) is 2.05. The zero-order chi connectivity index (χ0) is 17.4. The van der Waals surface area contributed by atoms with Crippen LogP contribution >= 0.6 is 0 Å². The van der Waals surface area contributed by atoms with Crippen LogP contribution in [0.25, 0.3) is 0 Å². The Labute approximate surface area is 140 Å². The molecular formula is C17H20N6O. The zero-order valence-electron chi connectivity index (χ0n) is 13.1. The molecular weight excluding hydrogens is 304 g/mol. The molecule has 1 aromatic carbocycles. The summed E-state index contributed by atoms with van der Waals surface area (Å²) in [6.07, 6.45) is 4.25. The number of pyridine rings is 1. The van der Waals surface area contributed by atoms with Crippen molar-refractivity contribution in [1.82, 2.24) is 10.3 Å². The van der Waals surface area contributed by atoms with Crippen LogP contribution in [0, 0.1) is 0 Å². The van der Waals surface area contributed by atoms with Crippen LogP contribution in [0.2, 0.25) is 0 Å². The maximum Gasteiger partial charge on any atom is 0.259 e. The fraction of sp³-hybridized carbons (Fsp3) is 0.118. The highest BCUT2D eigenvalue weighted by atomic mass is 16.1. The van der Waals surface area contributed by atoms with Crippen LogP contribution in [-0.2, 0) is 0 Å². The predicted molar refractivity (Wildman–Crippen MR) is 95.1 cm³/mol. The highest BCUT2D eigenvalue weighted by molar-refractivity contribution is 6.01. The molecule has 0 saturated carbocycles. The second kappa shape index (κ2) is 8.44. The fourth-order valence-corrected chi connectivity index (χ4v) is 2.05. The van der Waals surface area contributed by atoms with Crippen molar-refractivity contribution in [2.45, 2.75) is 6.04 Å². The number of allylic oxidation sites excluding steroid dienone is 1. The van der Waals surface area contributed by atoms with Crippen LogP contribution in [0.15, 0.2) is 65.6 Å². The molecule has 1 unspecified atom stereocenters. The Morgan fingerprint density at radius 1 is 1.25 bits per heavy atom. The Kier molecular flexibility index (Phi) is 6.04. The second-order valence-corrected chi connectivity index (χ2v) is 4.95. The molecule has 7 N–H and O–H groups in total. The minimum Gasteiger partial charge on any atom is -0.403 e. The summed E-state index contributed by atoms with van der Waals surface area (Å²) in [5, 5.41) is 2.64. The first-order chi connectivity index (χ1) is 11.7. The molecule has 1 amide bonds. The summed E-state index contributed by atoms with van der Waals surface area (Å²) >= 11 is 0. The van der Waals surface area contributed by atoms with E-state index in [0.717, 1.165) is 5.56 Å². The first-order valence-electron chi connectivity index (χ1n) is 7.37. The lowest BCUT2D eigenvalue weighted by molar-refractivity contribution is 0.0968. The SMILES string of the molecule is N/C=C(\C=NC(CN)c1ccccc1)NC(=O)c1cccnc1N. The zero-order valence-corrected chi connectivity index (χ0v) is 13.1. The summed E-state index contributed by atoms with van der Waals surface area (Å²) in [7, 11) is 0. The maximum atomic E-state index is 12.2. The molecule has 1 aromatic heterocycles. The van der Waals surface area contributed by atoms with E-state index < -0.39 is 5.91 Å². The molecule has 1 atom stereocenters. The molecule has 0 bridgehead atoms. The minimum atomic E-state index is -0.409. The summed E-state index contributed by atoms with van der Waals surface area (Å²) in [5.41, 5.74) is 18.6. The number of hydrogen-bond acceptors (Lipinski definition) is 6. The van der Waals surface area contributed by atoms with E-state index in [1.54, 1.807) is 12.1 Å². The van der Waals surface area contributed by atoms with Gasteiger partial charge in [0.25, 0.3) is 5.91 Å². The van der Waals surface area contributed by atoms with Crippen molar-refractivity contribution in [2.75, 3.05) is 12.3 Å². The van der Waals surface area contributed by atoms with Gasteiger partial charge in [-0.25, -0.2) is 4.98 Å². The Balaban J connectivity index is 2.09. The number of hydrogen-bond donors (Lipinski definition) is 4. The van der Waals surface area contributed by atoms with E-state index in [1.165, 1.54) is 18.6 Å². The molecule has 0 radical (unpaired) electrons. The van der Waals surface area contributed by atoms with E-state index in [4.69, 9.17) is 17.2 Å². The van der Waals surface area contributed by atoms with Crippen LogP contribution in [0.5, 0.6) is 0 Å². The molecule has 7 heteroatoms. The number of aromatic nitrogens is 1. The molecule has 2 aromatic rings. The highest BCUT2D eigenvalue weighted by Gasteiger charge is 2.11. The summed E-state index contributed by atoms with van der Waals surface area (Å²) in [4.78, 5) is 20.5. The van der Waals surface area contributed by atoms with Crippen molar-refractivity contribution in [3.8, 4) is 0 Å². The van der Waals surface area contributed by atoms with E-state index in [9.17, 15) is 4.79 Å². The monoisotopic (exact) mass is 324 g/mol. The van der Waals surface area contributed by atoms with Crippen molar-refractivity contribution in [1.29, 1.82) is 0 Å². The Morgan fingerprint density at radius 3 is 2.62 bits per heavy atom. The van der Waals surface area contributed by atoms with Crippen LogP contribution in [0.3, 0.4) is 0 Å². The minimum absolute atomic E-state index is 0.146. The lowest BCUT2D eigenvalue weighted by Crippen LogP contribution is -2.26. The number of rotatable bonds is 6. The summed E-state index contributed by atoms with van der Waals surface area (Å²) in [6.45, 7) is 0.335. The summed E-state index contributed by atoms with van der Waals surface area (Å²) in [5.74, 6) is -0.264. The van der Waals surface area contributed by atoms with Crippen molar-refractivity contribution < 1.29 is 4.79 Å². The number of anilines is 1. The van der Waals surface area contributed by atoms with Crippen LogP contribution in [-0.4, -0.2) is 23.7 Å². The van der Waals surface area contributed by atoms with Gasteiger partial charge in [-0.2, -0.15) is 0 Å². The normalized spacial score (nSPS) is 13.0. The van der Waals surface area contributed by atoms with E-state index in [2.05, 4.69) is 15.3 Å². The molecule has 7 nitrogen and oxygen atoms in total. The third-order valence-electron chi connectivity index (χ3n) is 3.32. The van der Waals surface area contributed by atoms with E-state index in [1.807, 2.05) is 30.3 Å². The molecule has 0 fully saturated rings. The van der Waals surface area contributed by atoms with Gasteiger partial charge < -0.3 is 22.5 Å². The van der Waals surface area contributed by atoms with Crippen molar-refractivity contribution in [3.63, 3.8) is 0 Å². The van der Waals surface area contributed by atoms with Gasteiger partial charge in [0.1, 0.15) is 5.82 Å². The van der Waals surface area contributed by atoms with Gasteiger partial charge in [-0.15, -0.1) is 0 Å². The van der Waals surface area contributed by atoms with E-state index in [-0.39, 0.29) is 17.4 Å². The largest absolute Gasteiger partial charge is 0.403 e. The topological polar surface area (TPSA) is 132 Å². The Morgan fingerprint density at radius 2 is 2.00 bits per heavy atom. The van der Waals surface area contributed by atoms with Crippen LogP contribution < -0.4 is 22.5 Å². The molecule has 124 valence electrons. The molecule has 0 saturated heterocycles. The van der Waals surface area contributed by atoms with Crippen molar-refractivity contribution >= 4 is 17.9 Å². The molecule has 0 aliphatic heterocycles. The van der Waals surface area contributed by atoms with Gasteiger partial charge in [0, 0.05) is 25.2 Å². The number of carbonyl (C=O) groups is 1. The lowest BCUT2D eigenvalue weighted by atomic mass is 10.1. The molecule has 2 rings (SSSR count). The number of nitrogen functional groups attached to an aromatic ring is 1. The number of nitrogens with two attached hydrogens (primary N) is 3. The quantitative estimate of drug-likeness (QED) is 0.588. The predicted octanol–water partition coefficient (Wildman–Crippen LogP) is 0.964. The number of nitrogens with zero attached hydrogens (tertiary/aromatic N) is 2.